The summed E-state index contributed by atoms with van der Waals surface area (Å²) in [6, 6.07) is 11.2. The summed E-state index contributed by atoms with van der Waals surface area (Å²) >= 11 is 0. The Morgan fingerprint density at radius 3 is 2.62 bits per heavy atom. The van der Waals surface area contributed by atoms with Gasteiger partial charge in [0.1, 0.15) is 0 Å². The van der Waals surface area contributed by atoms with Gasteiger partial charge in [0.2, 0.25) is 0 Å². The van der Waals surface area contributed by atoms with Gasteiger partial charge >= 0.3 is 0 Å². The average molecular weight is 218 g/mol. The van der Waals surface area contributed by atoms with E-state index < -0.39 is 0 Å². The molecule has 0 aromatic heterocycles. The number of hydrogen-bond donors (Lipinski definition) is 1. The van der Waals surface area contributed by atoms with Crippen LogP contribution in [0.3, 0.4) is 0 Å². The lowest BCUT2D eigenvalue weighted by Gasteiger charge is -2.24. The lowest BCUT2D eigenvalue weighted by molar-refractivity contribution is 0.243. The molecule has 0 spiro atoms. The smallest absolute Gasteiger partial charge is 0.0340 e. The number of anilines is 1. The molecule has 2 heteroatoms. The zero-order chi connectivity index (χ0) is 11.4. The predicted octanol–water partition coefficient (Wildman–Crippen LogP) is 2.83. The van der Waals surface area contributed by atoms with Crippen LogP contribution >= 0.6 is 0 Å². The van der Waals surface area contributed by atoms with Crippen molar-refractivity contribution in [3.05, 3.63) is 30.3 Å². The molecule has 1 atom stereocenters. The molecule has 1 unspecified atom stereocenters. The second-order valence-electron chi connectivity index (χ2n) is 4.85. The zero-order valence-electron chi connectivity index (χ0n) is 10.3. The third-order valence-electron chi connectivity index (χ3n) is 3.57. The largest absolute Gasteiger partial charge is 0.384 e. The molecule has 1 N–H and O–H groups in total. The molecule has 2 rings (SSSR count). The average Bonchev–Trinajstić information content (AvgIpc) is 3.13. The lowest BCUT2D eigenvalue weighted by Crippen LogP contribution is -2.34. The minimum absolute atomic E-state index is 0.748. The van der Waals surface area contributed by atoms with E-state index in [0.717, 1.165) is 25.0 Å². The molecule has 1 fully saturated rings. The Morgan fingerprint density at radius 1 is 1.31 bits per heavy atom. The Hall–Kier alpha value is -1.02. The Labute approximate surface area is 98.7 Å². The maximum atomic E-state index is 3.45. The van der Waals surface area contributed by atoms with Gasteiger partial charge in [0.25, 0.3) is 0 Å². The highest BCUT2D eigenvalue weighted by Gasteiger charge is 2.29. The van der Waals surface area contributed by atoms with E-state index in [-0.39, 0.29) is 0 Å². The molecule has 0 saturated heterocycles. The summed E-state index contributed by atoms with van der Waals surface area (Å²) in [5.74, 6) is 0.960. The Bertz CT molecular complexity index is 306. The highest BCUT2D eigenvalue weighted by molar-refractivity contribution is 5.42. The van der Waals surface area contributed by atoms with Crippen LogP contribution in [-0.2, 0) is 0 Å². The van der Waals surface area contributed by atoms with Crippen LogP contribution in [0.2, 0.25) is 0 Å². The number of benzene rings is 1. The molecule has 0 aliphatic heterocycles. The van der Waals surface area contributed by atoms with Crippen molar-refractivity contribution in [1.82, 2.24) is 4.90 Å². The van der Waals surface area contributed by atoms with Gasteiger partial charge in [0.05, 0.1) is 0 Å². The number of nitrogens with one attached hydrogen (secondary N) is 1. The van der Waals surface area contributed by atoms with Gasteiger partial charge in [-0.1, -0.05) is 18.2 Å². The summed E-state index contributed by atoms with van der Waals surface area (Å²) in [5.41, 5.74) is 1.22. The van der Waals surface area contributed by atoms with E-state index in [0.29, 0.717) is 0 Å². The van der Waals surface area contributed by atoms with Crippen molar-refractivity contribution in [3.8, 4) is 0 Å². The van der Waals surface area contributed by atoms with Crippen LogP contribution in [0.4, 0.5) is 5.69 Å². The molecule has 0 heterocycles. The van der Waals surface area contributed by atoms with E-state index >= 15 is 0 Å². The first kappa shape index (κ1) is 11.5. The maximum Gasteiger partial charge on any atom is 0.0340 e. The number of likely N-dealkylation sites (N-methyl/N-ethyl adjacent to an activating group) is 1. The van der Waals surface area contributed by atoms with Crippen LogP contribution in [-0.4, -0.2) is 31.1 Å². The summed E-state index contributed by atoms with van der Waals surface area (Å²) in [6.07, 6.45) is 2.86. The molecular formula is C14H22N2. The molecule has 1 saturated carbocycles. The van der Waals surface area contributed by atoms with E-state index in [1.807, 2.05) is 6.07 Å². The van der Waals surface area contributed by atoms with Crippen molar-refractivity contribution >= 4 is 5.69 Å². The fourth-order valence-corrected chi connectivity index (χ4v) is 2.07. The summed E-state index contributed by atoms with van der Waals surface area (Å²) in [5, 5.41) is 3.45. The van der Waals surface area contributed by atoms with Gasteiger partial charge in [-0.25, -0.2) is 0 Å². The van der Waals surface area contributed by atoms with Crippen LogP contribution in [0, 0.1) is 5.92 Å². The zero-order valence-corrected chi connectivity index (χ0v) is 10.3. The first-order chi connectivity index (χ1) is 7.77. The van der Waals surface area contributed by atoms with Gasteiger partial charge in [-0.2, -0.15) is 0 Å². The molecule has 0 bridgehead atoms. The third-order valence-corrected chi connectivity index (χ3v) is 3.57. The van der Waals surface area contributed by atoms with Crippen molar-refractivity contribution in [2.24, 2.45) is 5.92 Å². The van der Waals surface area contributed by atoms with E-state index in [1.54, 1.807) is 0 Å². The topological polar surface area (TPSA) is 15.3 Å². The maximum absolute atomic E-state index is 3.45. The van der Waals surface area contributed by atoms with Crippen molar-refractivity contribution in [1.29, 1.82) is 0 Å². The van der Waals surface area contributed by atoms with Crippen LogP contribution in [0.15, 0.2) is 30.3 Å². The van der Waals surface area contributed by atoms with Crippen LogP contribution < -0.4 is 5.32 Å². The monoisotopic (exact) mass is 218 g/mol. The molecule has 2 nitrogen and oxygen atoms in total. The fraction of sp³-hybridized carbons (Fsp3) is 0.571. The van der Waals surface area contributed by atoms with E-state index in [1.165, 1.54) is 18.5 Å². The highest BCUT2D eigenvalue weighted by atomic mass is 15.1. The number of rotatable bonds is 6. The van der Waals surface area contributed by atoms with Crippen LogP contribution in [0.25, 0.3) is 0 Å². The van der Waals surface area contributed by atoms with Crippen molar-refractivity contribution < 1.29 is 0 Å². The fourth-order valence-electron chi connectivity index (χ4n) is 2.07. The molecule has 1 aliphatic rings. The molecule has 1 aliphatic carbocycles. The highest BCUT2D eigenvalue weighted by Crippen LogP contribution is 2.34. The Balaban J connectivity index is 1.67. The minimum Gasteiger partial charge on any atom is -0.384 e. The second-order valence-corrected chi connectivity index (χ2v) is 4.85. The third kappa shape index (κ3) is 3.24. The van der Waals surface area contributed by atoms with Crippen molar-refractivity contribution in [2.75, 3.05) is 25.5 Å². The second kappa shape index (κ2) is 5.35. The number of hydrogen-bond acceptors (Lipinski definition) is 2. The standard InChI is InChI=1S/C14H22N2/c1-12(13-8-9-13)16(2)11-10-15-14-6-4-3-5-7-14/h3-7,12-13,15H,8-11H2,1-2H3. The lowest BCUT2D eigenvalue weighted by atomic mass is 10.2. The molecule has 1 aromatic carbocycles. The molecule has 16 heavy (non-hydrogen) atoms. The predicted molar refractivity (Wildman–Crippen MR) is 69.7 cm³/mol. The molecule has 1 aromatic rings. The Morgan fingerprint density at radius 2 is 2.00 bits per heavy atom. The summed E-state index contributed by atoms with van der Waals surface area (Å²) in [7, 11) is 2.23. The van der Waals surface area contributed by atoms with Gasteiger partial charge in [0.15, 0.2) is 0 Å². The van der Waals surface area contributed by atoms with E-state index in [2.05, 4.69) is 48.5 Å². The van der Waals surface area contributed by atoms with E-state index in [9.17, 15) is 0 Å². The molecular weight excluding hydrogens is 196 g/mol. The summed E-state index contributed by atoms with van der Waals surface area (Å²) in [6.45, 7) is 4.49. The summed E-state index contributed by atoms with van der Waals surface area (Å²) in [4.78, 5) is 2.47. The van der Waals surface area contributed by atoms with Crippen LogP contribution in [0.1, 0.15) is 19.8 Å². The minimum atomic E-state index is 0.748. The quantitative estimate of drug-likeness (QED) is 0.790. The van der Waals surface area contributed by atoms with Gasteiger partial charge in [-0.05, 0) is 44.9 Å². The van der Waals surface area contributed by atoms with Gasteiger partial charge in [-0.15, -0.1) is 0 Å². The first-order valence-corrected chi connectivity index (χ1v) is 6.26. The molecule has 0 radical (unpaired) electrons. The molecule has 0 amide bonds. The van der Waals surface area contributed by atoms with Gasteiger partial charge in [0, 0.05) is 24.8 Å². The number of nitrogens with zero attached hydrogens (tertiary/aromatic N) is 1. The molecule has 88 valence electrons. The van der Waals surface area contributed by atoms with Gasteiger partial charge < -0.3 is 10.2 Å². The number of para-hydroxylation sites is 1. The van der Waals surface area contributed by atoms with Crippen molar-refractivity contribution in [2.45, 2.75) is 25.8 Å². The normalized spacial score (nSPS) is 17.4. The SMILES string of the molecule is CC(C1CC1)N(C)CCNc1ccccc1. The first-order valence-electron chi connectivity index (χ1n) is 6.26. The van der Waals surface area contributed by atoms with E-state index in [4.69, 9.17) is 0 Å². The van der Waals surface area contributed by atoms with Crippen LogP contribution in [0.5, 0.6) is 0 Å². The van der Waals surface area contributed by atoms with Gasteiger partial charge in [-0.3, -0.25) is 0 Å². The van der Waals surface area contributed by atoms with Crippen molar-refractivity contribution in [3.63, 3.8) is 0 Å². The Kier molecular flexibility index (Phi) is 3.83. The summed E-state index contributed by atoms with van der Waals surface area (Å²) < 4.78 is 0.